The van der Waals surface area contributed by atoms with E-state index >= 15 is 0 Å². The van der Waals surface area contributed by atoms with E-state index in [0.717, 1.165) is 19.3 Å². The van der Waals surface area contributed by atoms with Crippen LogP contribution in [-0.2, 0) is 0 Å². The van der Waals surface area contributed by atoms with Crippen molar-refractivity contribution < 1.29 is 9.18 Å². The summed E-state index contributed by atoms with van der Waals surface area (Å²) in [5.41, 5.74) is 5.95. The predicted octanol–water partition coefficient (Wildman–Crippen LogP) is 2.40. The maximum absolute atomic E-state index is 14.1. The number of piperidine rings is 1. The minimum Gasteiger partial charge on any atom is -0.339 e. The number of hydrogen-bond acceptors (Lipinski definition) is 2. The predicted molar refractivity (Wildman–Crippen MR) is 81.3 cm³/mol. The molecule has 2 rings (SSSR count). The smallest absolute Gasteiger partial charge is 0.256 e. The lowest BCUT2D eigenvalue weighted by Gasteiger charge is -2.31. The molecule has 4 heteroatoms. The highest BCUT2D eigenvalue weighted by Gasteiger charge is 2.24. The summed E-state index contributed by atoms with van der Waals surface area (Å²) in [4.78, 5) is 14.1. The highest BCUT2D eigenvalue weighted by Crippen LogP contribution is 2.22. The van der Waals surface area contributed by atoms with E-state index in [4.69, 9.17) is 5.73 Å². The summed E-state index contributed by atoms with van der Waals surface area (Å²) in [5.74, 6) is 5.39. The minimum absolute atomic E-state index is 0.128. The number of rotatable bonds is 2. The maximum atomic E-state index is 14.1. The number of nitrogens with zero attached hydrogens (tertiary/aromatic N) is 1. The van der Waals surface area contributed by atoms with E-state index in [1.165, 1.54) is 12.1 Å². The molecule has 1 saturated heterocycles. The average Bonchev–Trinajstić information content (AvgIpc) is 2.52. The number of hydrogen-bond donors (Lipinski definition) is 1. The number of amides is 1. The molecule has 1 aliphatic heterocycles. The topological polar surface area (TPSA) is 46.3 Å². The van der Waals surface area contributed by atoms with Crippen molar-refractivity contribution >= 4 is 5.91 Å². The number of likely N-dealkylation sites (tertiary alicyclic amines) is 1. The Hall–Kier alpha value is -1.86. The zero-order chi connectivity index (χ0) is 15.2. The first-order valence-electron chi connectivity index (χ1n) is 7.43. The maximum Gasteiger partial charge on any atom is 0.256 e. The van der Waals surface area contributed by atoms with Crippen LogP contribution in [0.4, 0.5) is 4.39 Å². The van der Waals surface area contributed by atoms with Crippen LogP contribution in [0.3, 0.4) is 0 Å². The Morgan fingerprint density at radius 3 is 2.71 bits per heavy atom. The fourth-order valence-electron chi connectivity index (χ4n) is 2.63. The quantitative estimate of drug-likeness (QED) is 0.849. The molecule has 1 fully saturated rings. The van der Waals surface area contributed by atoms with Gasteiger partial charge in [0.05, 0.1) is 12.1 Å². The number of benzene rings is 1. The van der Waals surface area contributed by atoms with Crippen LogP contribution >= 0.6 is 0 Å². The monoisotopic (exact) mass is 288 g/mol. The third kappa shape index (κ3) is 3.83. The van der Waals surface area contributed by atoms with Crippen LogP contribution in [-0.4, -0.2) is 30.4 Å². The molecule has 0 aliphatic carbocycles. The second-order valence-corrected chi connectivity index (χ2v) is 5.34. The largest absolute Gasteiger partial charge is 0.339 e. The van der Waals surface area contributed by atoms with Gasteiger partial charge in [-0.2, -0.15) is 0 Å². The van der Waals surface area contributed by atoms with Gasteiger partial charge in [-0.1, -0.05) is 25.2 Å². The van der Waals surface area contributed by atoms with Crippen molar-refractivity contribution in [1.82, 2.24) is 4.90 Å². The van der Waals surface area contributed by atoms with Crippen molar-refractivity contribution in [2.75, 3.05) is 19.6 Å². The molecule has 0 spiro atoms. The van der Waals surface area contributed by atoms with Gasteiger partial charge in [-0.3, -0.25) is 4.79 Å². The van der Waals surface area contributed by atoms with Crippen molar-refractivity contribution in [3.8, 4) is 11.8 Å². The van der Waals surface area contributed by atoms with Gasteiger partial charge in [-0.25, -0.2) is 4.39 Å². The normalized spacial score (nSPS) is 15.5. The van der Waals surface area contributed by atoms with Crippen LogP contribution < -0.4 is 5.73 Å². The molecule has 0 saturated carbocycles. The summed E-state index contributed by atoms with van der Waals surface area (Å²) in [5, 5.41) is 0. The molecule has 1 aromatic carbocycles. The van der Waals surface area contributed by atoms with Crippen LogP contribution in [0.25, 0.3) is 0 Å². The van der Waals surface area contributed by atoms with Gasteiger partial charge >= 0.3 is 0 Å². The van der Waals surface area contributed by atoms with Crippen LogP contribution in [0, 0.1) is 23.6 Å². The molecule has 0 radical (unpaired) electrons. The lowest BCUT2D eigenvalue weighted by Crippen LogP contribution is -2.38. The Morgan fingerprint density at radius 1 is 1.43 bits per heavy atom. The Bertz CT molecular complexity index is 566. The number of halogens is 1. The number of carbonyl (C=O) groups is 1. The summed E-state index contributed by atoms with van der Waals surface area (Å²) < 4.78 is 14.1. The first-order chi connectivity index (χ1) is 10.2. The van der Waals surface area contributed by atoms with Gasteiger partial charge < -0.3 is 10.6 Å². The van der Waals surface area contributed by atoms with Crippen LogP contribution in [0.15, 0.2) is 18.2 Å². The summed E-state index contributed by atoms with van der Waals surface area (Å²) in [6, 6.07) is 4.48. The van der Waals surface area contributed by atoms with Crippen LogP contribution in [0.1, 0.15) is 42.1 Å². The summed E-state index contributed by atoms with van der Waals surface area (Å²) in [7, 11) is 0. The fourth-order valence-corrected chi connectivity index (χ4v) is 2.63. The highest BCUT2D eigenvalue weighted by atomic mass is 19.1. The molecule has 112 valence electrons. The summed E-state index contributed by atoms with van der Waals surface area (Å²) in [6.07, 6.45) is 3.15. The Kier molecular flexibility index (Phi) is 5.35. The van der Waals surface area contributed by atoms with Crippen molar-refractivity contribution in [1.29, 1.82) is 0 Å². The average molecular weight is 288 g/mol. The molecule has 3 nitrogen and oxygen atoms in total. The molecular weight excluding hydrogens is 267 g/mol. The van der Waals surface area contributed by atoms with E-state index in [1.807, 2.05) is 0 Å². The molecule has 1 heterocycles. The Morgan fingerprint density at radius 2 is 2.14 bits per heavy atom. The Labute approximate surface area is 125 Å². The van der Waals surface area contributed by atoms with E-state index < -0.39 is 5.82 Å². The van der Waals surface area contributed by atoms with E-state index in [0.29, 0.717) is 24.6 Å². The first kappa shape index (κ1) is 15.5. The standard InChI is InChI=1S/C17H21FN2O/c1-2-13-7-10-20(11-8-13)17(21)15-6-5-14(4-3-9-19)12-16(15)18/h5-6,12-13H,2,7-11,19H2,1H3. The van der Waals surface area contributed by atoms with Gasteiger partial charge in [0, 0.05) is 18.7 Å². The van der Waals surface area contributed by atoms with Gasteiger partial charge in [-0.05, 0) is 37.0 Å². The first-order valence-corrected chi connectivity index (χ1v) is 7.43. The molecule has 0 atom stereocenters. The van der Waals surface area contributed by atoms with Gasteiger partial charge in [0.15, 0.2) is 0 Å². The summed E-state index contributed by atoms with van der Waals surface area (Å²) in [6.45, 7) is 3.83. The second-order valence-electron chi connectivity index (χ2n) is 5.34. The van der Waals surface area contributed by atoms with E-state index in [9.17, 15) is 9.18 Å². The van der Waals surface area contributed by atoms with E-state index in [1.54, 1.807) is 11.0 Å². The number of nitrogens with two attached hydrogens (primary N) is 1. The molecule has 1 aromatic rings. The third-order valence-corrected chi connectivity index (χ3v) is 4.01. The lowest BCUT2D eigenvalue weighted by molar-refractivity contribution is 0.0684. The van der Waals surface area contributed by atoms with Crippen molar-refractivity contribution in [2.24, 2.45) is 11.7 Å². The second kappa shape index (κ2) is 7.24. The molecule has 0 unspecified atom stereocenters. The fraction of sp³-hybridized carbons (Fsp3) is 0.471. The molecule has 2 N–H and O–H groups in total. The van der Waals surface area contributed by atoms with E-state index in [2.05, 4.69) is 18.8 Å². The molecule has 0 aromatic heterocycles. The van der Waals surface area contributed by atoms with Crippen molar-refractivity contribution in [3.63, 3.8) is 0 Å². The zero-order valence-electron chi connectivity index (χ0n) is 12.4. The molecule has 21 heavy (non-hydrogen) atoms. The third-order valence-electron chi connectivity index (χ3n) is 4.01. The van der Waals surface area contributed by atoms with Crippen LogP contribution in [0.2, 0.25) is 0 Å². The van der Waals surface area contributed by atoms with Gasteiger partial charge in [-0.15, -0.1) is 0 Å². The SMILES string of the molecule is CCC1CCN(C(=O)c2ccc(C#CCN)cc2F)CC1. The molecular formula is C17H21FN2O. The number of carbonyl (C=O) groups excluding carboxylic acids is 1. The molecule has 1 aliphatic rings. The van der Waals surface area contributed by atoms with Gasteiger partial charge in [0.1, 0.15) is 5.82 Å². The molecule has 1 amide bonds. The highest BCUT2D eigenvalue weighted by molar-refractivity contribution is 5.94. The Balaban J connectivity index is 2.09. The van der Waals surface area contributed by atoms with Gasteiger partial charge in [0.25, 0.3) is 5.91 Å². The van der Waals surface area contributed by atoms with Crippen molar-refractivity contribution in [2.45, 2.75) is 26.2 Å². The van der Waals surface area contributed by atoms with E-state index in [-0.39, 0.29) is 18.0 Å². The molecule has 0 bridgehead atoms. The van der Waals surface area contributed by atoms with Crippen molar-refractivity contribution in [3.05, 3.63) is 35.1 Å². The van der Waals surface area contributed by atoms with Crippen LogP contribution in [0.5, 0.6) is 0 Å². The lowest BCUT2D eigenvalue weighted by atomic mass is 9.94. The van der Waals surface area contributed by atoms with Gasteiger partial charge in [0.2, 0.25) is 0 Å². The minimum atomic E-state index is -0.513. The zero-order valence-corrected chi connectivity index (χ0v) is 12.4. The summed E-state index contributed by atoms with van der Waals surface area (Å²) >= 11 is 0.